The predicted molar refractivity (Wildman–Crippen MR) is 77.0 cm³/mol. The summed E-state index contributed by atoms with van der Waals surface area (Å²) in [5.74, 6) is 0.374. The molecule has 0 aromatic heterocycles. The zero-order valence-corrected chi connectivity index (χ0v) is 12.1. The third-order valence-electron chi connectivity index (χ3n) is 3.33. The summed E-state index contributed by atoms with van der Waals surface area (Å²) >= 11 is 0. The lowest BCUT2D eigenvalue weighted by Gasteiger charge is -2.33. The molecule has 0 N–H and O–H groups in total. The Hall–Kier alpha value is -1.13. The van der Waals surface area contributed by atoms with Gasteiger partial charge in [0.25, 0.3) is 0 Å². The molecule has 1 aliphatic rings. The molecule has 0 radical (unpaired) electrons. The zero-order chi connectivity index (χ0) is 14.0. The van der Waals surface area contributed by atoms with Gasteiger partial charge in [0.1, 0.15) is 6.29 Å². The van der Waals surface area contributed by atoms with E-state index in [4.69, 9.17) is 9.31 Å². The van der Waals surface area contributed by atoms with Gasteiger partial charge in [0.2, 0.25) is 0 Å². The summed E-state index contributed by atoms with van der Waals surface area (Å²) in [6.45, 7) is 9.79. The first-order chi connectivity index (χ1) is 8.91. The second-order valence-corrected chi connectivity index (χ2v) is 6.32. The number of rotatable bonds is 3. The van der Waals surface area contributed by atoms with Gasteiger partial charge in [0.05, 0.1) is 0 Å². The molecule has 1 fully saturated rings. The average Bonchev–Trinajstić information content (AvgIpc) is 2.38. The highest BCUT2D eigenvalue weighted by Gasteiger charge is 2.33. The first-order valence-electron chi connectivity index (χ1n) is 6.74. The molecule has 1 aromatic rings. The Balaban J connectivity index is 2.24. The summed E-state index contributed by atoms with van der Waals surface area (Å²) in [6.07, 6.45) is 0.877. The Morgan fingerprint density at radius 3 is 2.37 bits per heavy atom. The highest BCUT2D eigenvalue weighted by atomic mass is 16.6. The number of hydrogen-bond acceptors (Lipinski definition) is 3. The SMILES string of the molecule is CC(C)c1cc(C=O)cc(B2OCC(C)(C)CO2)c1. The summed E-state index contributed by atoms with van der Waals surface area (Å²) < 4.78 is 11.6. The Morgan fingerprint density at radius 1 is 1.21 bits per heavy atom. The molecular formula is C15H21BO3. The normalized spacial score (nSPS) is 18.7. The number of benzene rings is 1. The molecule has 1 heterocycles. The highest BCUT2D eigenvalue weighted by Crippen LogP contribution is 2.22. The lowest BCUT2D eigenvalue weighted by Crippen LogP contribution is -2.47. The first-order valence-corrected chi connectivity index (χ1v) is 6.74. The van der Waals surface area contributed by atoms with Gasteiger partial charge in [-0.3, -0.25) is 4.79 Å². The van der Waals surface area contributed by atoms with Crippen LogP contribution in [0.2, 0.25) is 0 Å². The van der Waals surface area contributed by atoms with Crippen LogP contribution in [0.4, 0.5) is 0 Å². The number of carbonyl (C=O) groups excluding carboxylic acids is 1. The lowest BCUT2D eigenvalue weighted by molar-refractivity contribution is 0.0343. The van der Waals surface area contributed by atoms with Gasteiger partial charge in [-0.15, -0.1) is 0 Å². The maximum atomic E-state index is 11.0. The van der Waals surface area contributed by atoms with Crippen molar-refractivity contribution in [2.45, 2.75) is 33.6 Å². The van der Waals surface area contributed by atoms with Crippen molar-refractivity contribution >= 4 is 18.9 Å². The van der Waals surface area contributed by atoms with Crippen LogP contribution in [0, 0.1) is 5.41 Å². The van der Waals surface area contributed by atoms with Crippen LogP contribution in [0.3, 0.4) is 0 Å². The van der Waals surface area contributed by atoms with Gasteiger partial charge < -0.3 is 9.31 Å². The van der Waals surface area contributed by atoms with Crippen LogP contribution in [0.1, 0.15) is 49.5 Å². The molecule has 4 heteroatoms. The van der Waals surface area contributed by atoms with Crippen LogP contribution >= 0.6 is 0 Å². The summed E-state index contributed by atoms with van der Waals surface area (Å²) in [5.41, 5.74) is 2.80. The molecule has 1 saturated heterocycles. The monoisotopic (exact) mass is 260 g/mol. The summed E-state index contributed by atoms with van der Waals surface area (Å²) in [6, 6.07) is 5.84. The fourth-order valence-electron chi connectivity index (χ4n) is 2.12. The largest absolute Gasteiger partial charge is 0.493 e. The van der Waals surface area contributed by atoms with Crippen molar-refractivity contribution in [3.05, 3.63) is 29.3 Å². The van der Waals surface area contributed by atoms with E-state index in [1.54, 1.807) is 0 Å². The molecule has 0 saturated carbocycles. The minimum Gasteiger partial charge on any atom is -0.407 e. The standard InChI is InChI=1S/C15H21BO3/c1-11(2)13-5-12(8-17)6-14(7-13)16-18-9-15(3,4)10-19-16/h5-8,11H,9-10H2,1-4H3. The van der Waals surface area contributed by atoms with E-state index < -0.39 is 0 Å². The smallest absolute Gasteiger partial charge is 0.407 e. The van der Waals surface area contributed by atoms with Crippen LogP contribution in [-0.2, 0) is 9.31 Å². The maximum absolute atomic E-state index is 11.0. The molecule has 0 amide bonds. The Kier molecular flexibility index (Phi) is 4.12. The molecular weight excluding hydrogens is 239 g/mol. The van der Waals surface area contributed by atoms with E-state index in [0.29, 0.717) is 24.7 Å². The lowest BCUT2D eigenvalue weighted by atomic mass is 9.74. The van der Waals surface area contributed by atoms with E-state index in [1.807, 2.05) is 12.1 Å². The third kappa shape index (κ3) is 3.45. The number of hydrogen-bond donors (Lipinski definition) is 0. The van der Waals surface area contributed by atoms with Gasteiger partial charge in [-0.05, 0) is 23.0 Å². The van der Waals surface area contributed by atoms with Gasteiger partial charge in [-0.25, -0.2) is 0 Å². The van der Waals surface area contributed by atoms with Crippen LogP contribution in [-0.4, -0.2) is 26.6 Å². The van der Waals surface area contributed by atoms with Crippen LogP contribution < -0.4 is 5.46 Å². The van der Waals surface area contributed by atoms with E-state index in [1.165, 1.54) is 0 Å². The molecule has 3 nitrogen and oxygen atoms in total. The van der Waals surface area contributed by atoms with Crippen LogP contribution in [0.15, 0.2) is 18.2 Å². The zero-order valence-electron chi connectivity index (χ0n) is 12.1. The summed E-state index contributed by atoms with van der Waals surface area (Å²) in [7, 11) is -0.356. The fourth-order valence-corrected chi connectivity index (χ4v) is 2.12. The Morgan fingerprint density at radius 2 is 1.84 bits per heavy atom. The molecule has 0 atom stereocenters. The minimum absolute atomic E-state index is 0.0552. The predicted octanol–water partition coefficient (Wildman–Crippen LogP) is 2.39. The van der Waals surface area contributed by atoms with Crippen molar-refractivity contribution in [2.24, 2.45) is 5.41 Å². The van der Waals surface area contributed by atoms with E-state index in [9.17, 15) is 4.79 Å². The highest BCUT2D eigenvalue weighted by molar-refractivity contribution is 6.61. The summed E-state index contributed by atoms with van der Waals surface area (Å²) in [5, 5.41) is 0. The van der Waals surface area contributed by atoms with E-state index in [2.05, 4.69) is 33.8 Å². The van der Waals surface area contributed by atoms with Gasteiger partial charge in [0, 0.05) is 24.2 Å². The van der Waals surface area contributed by atoms with E-state index >= 15 is 0 Å². The van der Waals surface area contributed by atoms with Crippen molar-refractivity contribution in [3.63, 3.8) is 0 Å². The molecule has 1 aromatic carbocycles. The van der Waals surface area contributed by atoms with Crippen molar-refractivity contribution in [1.82, 2.24) is 0 Å². The van der Waals surface area contributed by atoms with Crippen molar-refractivity contribution < 1.29 is 14.1 Å². The second kappa shape index (κ2) is 5.47. The molecule has 102 valence electrons. The van der Waals surface area contributed by atoms with Gasteiger partial charge in [-0.2, -0.15) is 0 Å². The van der Waals surface area contributed by atoms with Crippen molar-refractivity contribution in [2.75, 3.05) is 13.2 Å². The van der Waals surface area contributed by atoms with Crippen molar-refractivity contribution in [3.8, 4) is 0 Å². The number of carbonyl (C=O) groups is 1. The van der Waals surface area contributed by atoms with Crippen LogP contribution in [0.5, 0.6) is 0 Å². The summed E-state index contributed by atoms with van der Waals surface area (Å²) in [4.78, 5) is 11.0. The first kappa shape index (κ1) is 14.3. The van der Waals surface area contributed by atoms with Crippen molar-refractivity contribution in [1.29, 1.82) is 0 Å². The third-order valence-corrected chi connectivity index (χ3v) is 3.33. The Bertz CT molecular complexity index is 458. The molecule has 19 heavy (non-hydrogen) atoms. The van der Waals surface area contributed by atoms with Gasteiger partial charge in [0.15, 0.2) is 0 Å². The molecule has 1 aliphatic heterocycles. The molecule has 0 spiro atoms. The van der Waals surface area contributed by atoms with Gasteiger partial charge >= 0.3 is 7.12 Å². The second-order valence-electron chi connectivity index (χ2n) is 6.32. The van der Waals surface area contributed by atoms with E-state index in [-0.39, 0.29) is 12.5 Å². The topological polar surface area (TPSA) is 35.5 Å². The minimum atomic E-state index is -0.356. The number of aldehydes is 1. The molecule has 0 aliphatic carbocycles. The molecule has 0 unspecified atom stereocenters. The average molecular weight is 260 g/mol. The Labute approximate surface area is 115 Å². The van der Waals surface area contributed by atoms with Crippen LogP contribution in [0.25, 0.3) is 0 Å². The fraction of sp³-hybridized carbons (Fsp3) is 0.533. The van der Waals surface area contributed by atoms with E-state index in [0.717, 1.165) is 17.3 Å². The maximum Gasteiger partial charge on any atom is 0.493 e. The molecule has 0 bridgehead atoms. The quantitative estimate of drug-likeness (QED) is 0.618. The molecule has 2 rings (SSSR count). The van der Waals surface area contributed by atoms with Gasteiger partial charge in [-0.1, -0.05) is 39.8 Å².